The molecule has 8 nitrogen and oxygen atoms in total. The smallest absolute Gasteiger partial charge is 0.407 e. The van der Waals surface area contributed by atoms with Gasteiger partial charge in [0, 0.05) is 24.9 Å². The van der Waals surface area contributed by atoms with Crippen LogP contribution >= 0.6 is 0 Å². The third-order valence-electron chi connectivity index (χ3n) is 5.76. The van der Waals surface area contributed by atoms with Gasteiger partial charge in [-0.05, 0) is 28.7 Å². The van der Waals surface area contributed by atoms with E-state index in [-0.39, 0.29) is 57.1 Å². The van der Waals surface area contributed by atoms with E-state index in [4.69, 9.17) is 14.6 Å². The zero-order valence-electron chi connectivity index (χ0n) is 19.4. The molecule has 2 aromatic carbocycles. The van der Waals surface area contributed by atoms with Gasteiger partial charge in [-0.25, -0.2) is 4.79 Å². The van der Waals surface area contributed by atoms with Crippen molar-refractivity contribution < 1.29 is 29.0 Å². The Kier molecular flexibility index (Phi) is 9.46. The largest absolute Gasteiger partial charge is 0.481 e. The Balaban J connectivity index is 1.32. The molecular weight excluding hydrogens is 436 g/mol. The molecule has 2 aromatic rings. The van der Waals surface area contributed by atoms with Gasteiger partial charge < -0.3 is 25.2 Å². The fraction of sp³-hybridized carbons (Fsp3) is 0.423. The second-order valence-electron chi connectivity index (χ2n) is 8.27. The van der Waals surface area contributed by atoms with Crippen LogP contribution in [0.2, 0.25) is 0 Å². The number of nitrogens with one attached hydrogen (secondary N) is 2. The molecule has 3 N–H and O–H groups in total. The molecule has 3 rings (SSSR count). The van der Waals surface area contributed by atoms with Crippen molar-refractivity contribution in [3.63, 3.8) is 0 Å². The van der Waals surface area contributed by atoms with Gasteiger partial charge in [-0.3, -0.25) is 9.59 Å². The van der Waals surface area contributed by atoms with Crippen LogP contribution in [-0.2, 0) is 19.1 Å². The first-order valence-corrected chi connectivity index (χ1v) is 11.7. The lowest BCUT2D eigenvalue weighted by Gasteiger charge is -2.16. The Morgan fingerprint density at radius 2 is 1.65 bits per heavy atom. The minimum Gasteiger partial charge on any atom is -0.481 e. The summed E-state index contributed by atoms with van der Waals surface area (Å²) in [6, 6.07) is 15.9. The van der Waals surface area contributed by atoms with Crippen molar-refractivity contribution in [2.45, 2.75) is 44.6 Å². The van der Waals surface area contributed by atoms with Gasteiger partial charge in [0.1, 0.15) is 6.61 Å². The topological polar surface area (TPSA) is 114 Å². The second kappa shape index (κ2) is 12.7. The molecule has 0 spiro atoms. The van der Waals surface area contributed by atoms with Gasteiger partial charge in [-0.15, -0.1) is 0 Å². The van der Waals surface area contributed by atoms with Gasteiger partial charge in [-0.1, -0.05) is 61.9 Å². The van der Waals surface area contributed by atoms with Crippen LogP contribution in [0.25, 0.3) is 11.1 Å². The van der Waals surface area contributed by atoms with Gasteiger partial charge >= 0.3 is 12.1 Å². The highest BCUT2D eigenvalue weighted by atomic mass is 16.5. The molecule has 0 aromatic heterocycles. The molecule has 0 bridgehead atoms. The van der Waals surface area contributed by atoms with Crippen molar-refractivity contribution in [1.82, 2.24) is 10.6 Å². The van der Waals surface area contributed by atoms with Crippen LogP contribution < -0.4 is 10.6 Å². The number of rotatable bonds is 13. The highest BCUT2D eigenvalue weighted by molar-refractivity contribution is 5.79. The third-order valence-corrected chi connectivity index (χ3v) is 5.76. The first kappa shape index (κ1) is 25.2. The minimum absolute atomic E-state index is 0.00516. The molecule has 182 valence electrons. The van der Waals surface area contributed by atoms with Gasteiger partial charge in [0.2, 0.25) is 5.91 Å². The summed E-state index contributed by atoms with van der Waals surface area (Å²) < 4.78 is 10.9. The Morgan fingerprint density at radius 1 is 1.00 bits per heavy atom. The van der Waals surface area contributed by atoms with E-state index in [1.54, 1.807) is 0 Å². The van der Waals surface area contributed by atoms with Crippen molar-refractivity contribution in [2.75, 3.05) is 26.4 Å². The standard InChI is InChI=1S/C26H32N2O6/c1-2-7-18(16-25(30)31)28-24(29)12-14-33-15-13-27-26(32)34-17-23-21-10-5-3-8-19(21)20-9-4-6-11-22(20)23/h3-6,8-11,18,23H,2,7,12-17H2,1H3,(H,27,32)(H,28,29)(H,30,31). The van der Waals surface area contributed by atoms with Crippen molar-refractivity contribution in [3.8, 4) is 11.1 Å². The molecular formula is C26H32N2O6. The van der Waals surface area contributed by atoms with Crippen LogP contribution in [0.4, 0.5) is 4.79 Å². The zero-order chi connectivity index (χ0) is 24.3. The van der Waals surface area contributed by atoms with Crippen LogP contribution in [0.3, 0.4) is 0 Å². The number of ether oxygens (including phenoxy) is 2. The molecule has 1 unspecified atom stereocenters. The number of carboxylic acids is 1. The number of carbonyl (C=O) groups is 3. The van der Waals surface area contributed by atoms with E-state index in [1.807, 2.05) is 31.2 Å². The lowest BCUT2D eigenvalue weighted by molar-refractivity contribution is -0.137. The maximum Gasteiger partial charge on any atom is 0.407 e. The zero-order valence-corrected chi connectivity index (χ0v) is 19.4. The fourth-order valence-corrected chi connectivity index (χ4v) is 4.23. The first-order chi connectivity index (χ1) is 16.5. The summed E-state index contributed by atoms with van der Waals surface area (Å²) in [6.07, 6.45) is 0.924. The average molecular weight is 469 g/mol. The van der Waals surface area contributed by atoms with Crippen LogP contribution in [0, 0.1) is 0 Å². The third kappa shape index (κ3) is 7.05. The number of aliphatic carboxylic acids is 1. The van der Waals surface area contributed by atoms with E-state index in [0.29, 0.717) is 6.42 Å². The van der Waals surface area contributed by atoms with Crippen LogP contribution in [0.1, 0.15) is 49.7 Å². The van der Waals surface area contributed by atoms with E-state index in [9.17, 15) is 14.4 Å². The fourth-order valence-electron chi connectivity index (χ4n) is 4.23. The molecule has 0 fully saturated rings. The molecule has 1 aliphatic carbocycles. The monoisotopic (exact) mass is 468 g/mol. The summed E-state index contributed by atoms with van der Waals surface area (Å²) in [7, 11) is 0. The lowest BCUT2D eigenvalue weighted by Crippen LogP contribution is -2.37. The number of hydrogen-bond acceptors (Lipinski definition) is 5. The summed E-state index contributed by atoms with van der Waals surface area (Å²) in [6.45, 7) is 2.87. The van der Waals surface area contributed by atoms with Gasteiger partial charge in [-0.2, -0.15) is 0 Å². The molecule has 1 atom stereocenters. The number of hydrogen-bond donors (Lipinski definition) is 3. The summed E-state index contributed by atoms with van der Waals surface area (Å²) in [4.78, 5) is 35.0. The maximum absolute atomic E-state index is 12.1. The number of fused-ring (bicyclic) bond motifs is 3. The molecule has 0 aliphatic heterocycles. The Morgan fingerprint density at radius 3 is 2.26 bits per heavy atom. The summed E-state index contributed by atoms with van der Waals surface area (Å²) in [5.41, 5.74) is 4.66. The van der Waals surface area contributed by atoms with Crippen LogP contribution in [0.15, 0.2) is 48.5 Å². The van der Waals surface area contributed by atoms with E-state index in [0.717, 1.165) is 17.5 Å². The Bertz CT molecular complexity index is 947. The van der Waals surface area contributed by atoms with Crippen molar-refractivity contribution in [2.24, 2.45) is 0 Å². The highest BCUT2D eigenvalue weighted by Gasteiger charge is 2.28. The molecule has 0 saturated carbocycles. The molecule has 1 aliphatic rings. The summed E-state index contributed by atoms with van der Waals surface area (Å²) >= 11 is 0. The minimum atomic E-state index is -0.936. The first-order valence-electron chi connectivity index (χ1n) is 11.7. The van der Waals surface area contributed by atoms with Crippen LogP contribution in [-0.4, -0.2) is 55.5 Å². The quantitative estimate of drug-likeness (QED) is 0.386. The summed E-state index contributed by atoms with van der Waals surface area (Å²) in [5, 5.41) is 14.3. The van der Waals surface area contributed by atoms with E-state index < -0.39 is 12.1 Å². The number of carbonyl (C=O) groups excluding carboxylic acids is 2. The van der Waals surface area contributed by atoms with Gasteiger partial charge in [0.05, 0.1) is 19.6 Å². The van der Waals surface area contributed by atoms with E-state index >= 15 is 0 Å². The average Bonchev–Trinajstić information content (AvgIpc) is 3.13. The normalized spacial score (nSPS) is 13.0. The predicted molar refractivity (Wildman–Crippen MR) is 128 cm³/mol. The molecule has 0 heterocycles. The Hall–Kier alpha value is -3.39. The molecule has 0 saturated heterocycles. The van der Waals surface area contributed by atoms with Gasteiger partial charge in [0.25, 0.3) is 0 Å². The number of carboxylic acid groups (broad SMARTS) is 1. The summed E-state index contributed by atoms with van der Waals surface area (Å²) in [5.74, 6) is -1.18. The Labute approximate surface area is 199 Å². The number of amides is 2. The molecule has 34 heavy (non-hydrogen) atoms. The van der Waals surface area contributed by atoms with Crippen LogP contribution in [0.5, 0.6) is 0 Å². The van der Waals surface area contributed by atoms with Crippen molar-refractivity contribution in [3.05, 3.63) is 59.7 Å². The van der Waals surface area contributed by atoms with Crippen molar-refractivity contribution >= 4 is 18.0 Å². The predicted octanol–water partition coefficient (Wildman–Crippen LogP) is 3.69. The molecule has 2 amide bonds. The highest BCUT2D eigenvalue weighted by Crippen LogP contribution is 2.44. The van der Waals surface area contributed by atoms with E-state index in [2.05, 4.69) is 34.9 Å². The van der Waals surface area contributed by atoms with E-state index in [1.165, 1.54) is 11.1 Å². The molecule has 8 heteroatoms. The van der Waals surface area contributed by atoms with Gasteiger partial charge in [0.15, 0.2) is 0 Å². The molecule has 0 radical (unpaired) electrons. The number of alkyl carbamates (subject to hydrolysis) is 1. The lowest BCUT2D eigenvalue weighted by atomic mass is 9.98. The maximum atomic E-state index is 12.1. The van der Waals surface area contributed by atoms with Crippen molar-refractivity contribution in [1.29, 1.82) is 0 Å². The SMILES string of the molecule is CCCC(CC(=O)O)NC(=O)CCOCCNC(=O)OCC1c2ccccc2-c2ccccc21. The second-order valence-corrected chi connectivity index (χ2v) is 8.27. The number of benzene rings is 2.